The fourth-order valence-electron chi connectivity index (χ4n) is 1.35. The third kappa shape index (κ3) is 2.04. The van der Waals surface area contributed by atoms with Crippen molar-refractivity contribution in [2.45, 2.75) is 26.7 Å². The highest BCUT2D eigenvalue weighted by atomic mass is 35.5. The topological polar surface area (TPSA) is 24.9 Å². The summed E-state index contributed by atoms with van der Waals surface area (Å²) in [5.41, 5.74) is 1.50. The molecule has 0 unspecified atom stereocenters. The lowest BCUT2D eigenvalue weighted by Crippen LogP contribution is -2.16. The van der Waals surface area contributed by atoms with E-state index in [4.69, 9.17) is 11.6 Å². The molecule has 1 aliphatic rings. The smallest absolute Gasteiger partial charge is 0.183 e. The van der Waals surface area contributed by atoms with Gasteiger partial charge in [0.1, 0.15) is 0 Å². The van der Waals surface area contributed by atoms with Crippen LogP contribution in [-0.4, -0.2) is 17.4 Å². The molecule has 0 atom stereocenters. The van der Waals surface area contributed by atoms with Gasteiger partial charge in [-0.2, -0.15) is 0 Å². The van der Waals surface area contributed by atoms with Crippen LogP contribution in [0.3, 0.4) is 0 Å². The van der Waals surface area contributed by atoms with Crippen LogP contribution in [0.2, 0.25) is 0 Å². The number of hydrogen-bond donors (Lipinski definition) is 1. The van der Waals surface area contributed by atoms with Gasteiger partial charge >= 0.3 is 0 Å². The van der Waals surface area contributed by atoms with E-state index in [1.54, 1.807) is 11.3 Å². The lowest BCUT2D eigenvalue weighted by atomic mass is 10.1. The lowest BCUT2D eigenvalue weighted by molar-refractivity contribution is 0.618. The first-order valence-electron chi connectivity index (χ1n) is 4.89. The number of anilines is 1. The standard InChI is InChI=1S/C10H15ClN2S/c1-7-8(2)14-9(13-7)12-6-10(5-11)3-4-10/h3-6H2,1-2H3,(H,12,13). The summed E-state index contributed by atoms with van der Waals surface area (Å²) >= 11 is 7.63. The van der Waals surface area contributed by atoms with Crippen LogP contribution in [0.4, 0.5) is 5.13 Å². The second kappa shape index (κ2) is 3.70. The van der Waals surface area contributed by atoms with Crippen molar-refractivity contribution in [1.29, 1.82) is 0 Å². The average molecular weight is 231 g/mol. The van der Waals surface area contributed by atoms with Gasteiger partial charge in [0.2, 0.25) is 0 Å². The molecule has 2 rings (SSSR count). The van der Waals surface area contributed by atoms with Crippen molar-refractivity contribution in [3.05, 3.63) is 10.6 Å². The zero-order valence-corrected chi connectivity index (χ0v) is 10.1. The summed E-state index contributed by atoms with van der Waals surface area (Å²) in [7, 11) is 0. The number of aryl methyl sites for hydroxylation is 2. The Morgan fingerprint density at radius 3 is 2.64 bits per heavy atom. The van der Waals surface area contributed by atoms with E-state index in [-0.39, 0.29) is 0 Å². The molecule has 0 radical (unpaired) electrons. The lowest BCUT2D eigenvalue weighted by Gasteiger charge is -2.10. The van der Waals surface area contributed by atoms with Gasteiger partial charge < -0.3 is 5.32 Å². The quantitative estimate of drug-likeness (QED) is 0.804. The fourth-order valence-corrected chi connectivity index (χ4v) is 2.52. The Hall–Kier alpha value is -0.280. The van der Waals surface area contributed by atoms with E-state index in [1.165, 1.54) is 17.7 Å². The molecule has 0 amide bonds. The van der Waals surface area contributed by atoms with E-state index in [9.17, 15) is 0 Å². The first-order chi connectivity index (χ1) is 6.65. The predicted octanol–water partition coefficient (Wildman–Crippen LogP) is 3.19. The number of thiazole rings is 1. The van der Waals surface area contributed by atoms with Gasteiger partial charge in [-0.3, -0.25) is 0 Å². The summed E-state index contributed by atoms with van der Waals surface area (Å²) in [5.74, 6) is 0.767. The number of alkyl halides is 1. The van der Waals surface area contributed by atoms with Gasteiger partial charge in [0, 0.05) is 22.7 Å². The third-order valence-electron chi connectivity index (χ3n) is 2.88. The van der Waals surface area contributed by atoms with Gasteiger partial charge in [-0.05, 0) is 26.7 Å². The summed E-state index contributed by atoms with van der Waals surface area (Å²) in [6, 6.07) is 0. The maximum absolute atomic E-state index is 5.90. The highest BCUT2D eigenvalue weighted by molar-refractivity contribution is 7.15. The Balaban J connectivity index is 1.92. The molecule has 0 aliphatic heterocycles. The molecule has 1 N–H and O–H groups in total. The zero-order valence-electron chi connectivity index (χ0n) is 8.56. The Bertz CT molecular complexity index is 311. The van der Waals surface area contributed by atoms with Crippen molar-refractivity contribution in [2.24, 2.45) is 5.41 Å². The average Bonchev–Trinajstić information content (AvgIpc) is 2.88. The van der Waals surface area contributed by atoms with Crippen LogP contribution < -0.4 is 5.32 Å². The van der Waals surface area contributed by atoms with Crippen LogP contribution >= 0.6 is 22.9 Å². The zero-order chi connectivity index (χ0) is 10.2. The molecule has 1 heterocycles. The number of nitrogens with one attached hydrogen (secondary N) is 1. The maximum atomic E-state index is 5.90. The van der Waals surface area contributed by atoms with Gasteiger partial charge in [-0.1, -0.05) is 0 Å². The molecule has 2 nitrogen and oxygen atoms in total. The first kappa shape index (κ1) is 10.2. The molecular formula is C10H15ClN2S. The van der Waals surface area contributed by atoms with Gasteiger partial charge in [-0.15, -0.1) is 22.9 Å². The number of nitrogens with zero attached hydrogens (tertiary/aromatic N) is 1. The van der Waals surface area contributed by atoms with Gasteiger partial charge in [0.25, 0.3) is 0 Å². The Morgan fingerprint density at radius 1 is 1.50 bits per heavy atom. The van der Waals surface area contributed by atoms with Crippen molar-refractivity contribution >= 4 is 28.1 Å². The minimum absolute atomic E-state index is 0.370. The molecule has 4 heteroatoms. The first-order valence-corrected chi connectivity index (χ1v) is 6.24. The molecule has 0 aromatic carbocycles. The van der Waals surface area contributed by atoms with Crippen molar-refractivity contribution in [1.82, 2.24) is 4.98 Å². The second-order valence-electron chi connectivity index (χ2n) is 4.15. The Morgan fingerprint density at radius 2 is 2.21 bits per heavy atom. The molecule has 1 aliphatic carbocycles. The Kier molecular flexibility index (Phi) is 2.71. The van der Waals surface area contributed by atoms with Crippen molar-refractivity contribution < 1.29 is 0 Å². The molecule has 1 aromatic rings. The monoisotopic (exact) mass is 230 g/mol. The molecule has 0 bridgehead atoms. The molecule has 1 aromatic heterocycles. The van der Waals surface area contributed by atoms with Crippen molar-refractivity contribution in [3.63, 3.8) is 0 Å². The van der Waals surface area contributed by atoms with E-state index >= 15 is 0 Å². The molecule has 14 heavy (non-hydrogen) atoms. The van der Waals surface area contributed by atoms with Crippen LogP contribution in [0.15, 0.2) is 0 Å². The highest BCUT2D eigenvalue weighted by Gasteiger charge is 2.41. The summed E-state index contributed by atoms with van der Waals surface area (Å²) in [5, 5.41) is 4.42. The number of aromatic nitrogens is 1. The summed E-state index contributed by atoms with van der Waals surface area (Å²) in [6.07, 6.45) is 2.51. The van der Waals surface area contributed by atoms with Crippen molar-refractivity contribution in [2.75, 3.05) is 17.7 Å². The summed E-state index contributed by atoms with van der Waals surface area (Å²) in [4.78, 5) is 5.73. The van der Waals surface area contributed by atoms with E-state index in [0.717, 1.165) is 23.3 Å². The molecule has 0 saturated heterocycles. The molecular weight excluding hydrogens is 216 g/mol. The summed E-state index contributed by atoms with van der Waals surface area (Å²) < 4.78 is 0. The van der Waals surface area contributed by atoms with E-state index in [1.807, 2.05) is 6.92 Å². The van der Waals surface area contributed by atoms with Crippen LogP contribution in [0.5, 0.6) is 0 Å². The molecule has 78 valence electrons. The third-order valence-corrected chi connectivity index (χ3v) is 4.48. The minimum Gasteiger partial charge on any atom is -0.361 e. The highest BCUT2D eigenvalue weighted by Crippen LogP contribution is 2.46. The van der Waals surface area contributed by atoms with Crippen molar-refractivity contribution in [3.8, 4) is 0 Å². The maximum Gasteiger partial charge on any atom is 0.183 e. The van der Waals surface area contributed by atoms with Crippen LogP contribution in [-0.2, 0) is 0 Å². The largest absolute Gasteiger partial charge is 0.361 e. The van der Waals surface area contributed by atoms with Crippen LogP contribution in [0.25, 0.3) is 0 Å². The molecule has 1 fully saturated rings. The number of rotatable bonds is 4. The van der Waals surface area contributed by atoms with Gasteiger partial charge in [0.05, 0.1) is 5.69 Å². The minimum atomic E-state index is 0.370. The second-order valence-corrected chi connectivity index (χ2v) is 5.62. The normalized spacial score (nSPS) is 18.2. The fraction of sp³-hybridized carbons (Fsp3) is 0.700. The van der Waals surface area contributed by atoms with Gasteiger partial charge in [-0.25, -0.2) is 4.98 Å². The summed E-state index contributed by atoms with van der Waals surface area (Å²) in [6.45, 7) is 5.13. The van der Waals surface area contributed by atoms with Crippen LogP contribution in [0, 0.1) is 19.3 Å². The van der Waals surface area contributed by atoms with Gasteiger partial charge in [0.15, 0.2) is 5.13 Å². The molecule has 1 saturated carbocycles. The van der Waals surface area contributed by atoms with E-state index < -0.39 is 0 Å². The SMILES string of the molecule is Cc1nc(NCC2(CCl)CC2)sc1C. The molecule has 0 spiro atoms. The predicted molar refractivity (Wildman–Crippen MR) is 62.5 cm³/mol. The number of halogens is 1. The van der Waals surface area contributed by atoms with Crippen LogP contribution in [0.1, 0.15) is 23.4 Å². The van der Waals surface area contributed by atoms with E-state index in [2.05, 4.69) is 17.2 Å². The van der Waals surface area contributed by atoms with E-state index in [0.29, 0.717) is 5.41 Å². The Labute approximate surface area is 93.7 Å². The number of hydrogen-bond acceptors (Lipinski definition) is 3.